The van der Waals surface area contributed by atoms with Crippen molar-refractivity contribution in [1.29, 1.82) is 5.26 Å². The minimum atomic E-state index is 0.707. The molecule has 0 aliphatic heterocycles. The van der Waals surface area contributed by atoms with E-state index in [9.17, 15) is 0 Å². The Morgan fingerprint density at radius 3 is 3.00 bits per heavy atom. The number of aromatic nitrogens is 1. The summed E-state index contributed by atoms with van der Waals surface area (Å²) in [5.41, 5.74) is 1.71. The first-order valence-corrected chi connectivity index (χ1v) is 6.42. The summed E-state index contributed by atoms with van der Waals surface area (Å²) in [6.07, 6.45) is 1.78. The van der Waals surface area contributed by atoms with E-state index in [4.69, 9.17) is 5.26 Å². The van der Waals surface area contributed by atoms with Crippen molar-refractivity contribution in [2.24, 2.45) is 0 Å². The van der Waals surface area contributed by atoms with Gasteiger partial charge in [0.25, 0.3) is 0 Å². The number of pyridine rings is 1. The molecule has 0 saturated heterocycles. The smallest absolute Gasteiger partial charge is 0.151 e. The van der Waals surface area contributed by atoms with Crippen LogP contribution in [0.25, 0.3) is 0 Å². The number of nitrogens with zero attached hydrogens (tertiary/aromatic N) is 3. The summed E-state index contributed by atoms with van der Waals surface area (Å²) in [5, 5.41) is 14.0. The number of nitrogens with one attached hydrogen (secondary N) is 1. The highest BCUT2D eigenvalue weighted by atomic mass is 32.1. The average Bonchev–Trinajstić information content (AvgIpc) is 2.84. The first kappa shape index (κ1) is 12.4. The first-order valence-electron chi connectivity index (χ1n) is 5.54. The maximum atomic E-state index is 8.77. The fourth-order valence-electron chi connectivity index (χ4n) is 1.61. The van der Waals surface area contributed by atoms with Crippen LogP contribution in [0.1, 0.15) is 10.4 Å². The number of anilines is 2. The van der Waals surface area contributed by atoms with E-state index in [1.807, 2.05) is 42.6 Å². The zero-order valence-corrected chi connectivity index (χ0v) is 11.2. The SMILES string of the molecule is CN(C)c1ncccc1NCc1cc(C#N)cs1. The van der Waals surface area contributed by atoms with Gasteiger partial charge >= 0.3 is 0 Å². The summed E-state index contributed by atoms with van der Waals surface area (Å²) >= 11 is 1.59. The molecule has 2 rings (SSSR count). The molecule has 4 nitrogen and oxygen atoms in total. The van der Waals surface area contributed by atoms with E-state index in [1.54, 1.807) is 17.5 Å². The van der Waals surface area contributed by atoms with E-state index >= 15 is 0 Å². The molecule has 2 aromatic rings. The maximum Gasteiger partial charge on any atom is 0.151 e. The van der Waals surface area contributed by atoms with Gasteiger partial charge in [0.15, 0.2) is 5.82 Å². The van der Waals surface area contributed by atoms with Crippen molar-refractivity contribution < 1.29 is 0 Å². The van der Waals surface area contributed by atoms with Crippen LogP contribution in [0.15, 0.2) is 29.8 Å². The Kier molecular flexibility index (Phi) is 3.80. The minimum Gasteiger partial charge on any atom is -0.377 e. The average molecular weight is 258 g/mol. The number of rotatable bonds is 4. The van der Waals surface area contributed by atoms with Crippen LogP contribution in [0, 0.1) is 11.3 Å². The Balaban J connectivity index is 2.08. The summed E-state index contributed by atoms with van der Waals surface area (Å²) in [6, 6.07) is 7.95. The largest absolute Gasteiger partial charge is 0.377 e. The van der Waals surface area contributed by atoms with Gasteiger partial charge in [-0.1, -0.05) is 0 Å². The molecule has 18 heavy (non-hydrogen) atoms. The van der Waals surface area contributed by atoms with Crippen LogP contribution in [0.5, 0.6) is 0 Å². The van der Waals surface area contributed by atoms with E-state index in [0.29, 0.717) is 6.54 Å². The molecule has 0 bridgehead atoms. The quantitative estimate of drug-likeness (QED) is 0.916. The Hall–Kier alpha value is -2.06. The van der Waals surface area contributed by atoms with Crippen molar-refractivity contribution in [2.45, 2.75) is 6.54 Å². The number of thiophene rings is 1. The number of hydrogen-bond donors (Lipinski definition) is 1. The predicted octanol–water partition coefficient (Wildman–Crippen LogP) is 2.69. The Morgan fingerprint density at radius 1 is 1.50 bits per heavy atom. The molecular formula is C13H14N4S. The summed E-state index contributed by atoms with van der Waals surface area (Å²) in [6.45, 7) is 0.707. The van der Waals surface area contributed by atoms with Gasteiger partial charge in [0.1, 0.15) is 6.07 Å². The highest BCUT2D eigenvalue weighted by Gasteiger charge is 2.05. The van der Waals surface area contributed by atoms with Crippen LogP contribution >= 0.6 is 11.3 Å². The molecule has 2 heterocycles. The van der Waals surface area contributed by atoms with Crippen LogP contribution < -0.4 is 10.2 Å². The van der Waals surface area contributed by atoms with E-state index in [2.05, 4.69) is 16.4 Å². The second-order valence-electron chi connectivity index (χ2n) is 4.04. The summed E-state index contributed by atoms with van der Waals surface area (Å²) in [5.74, 6) is 0.912. The zero-order valence-electron chi connectivity index (χ0n) is 10.3. The van der Waals surface area contributed by atoms with Crippen molar-refractivity contribution in [2.75, 3.05) is 24.3 Å². The molecule has 1 N–H and O–H groups in total. The molecule has 92 valence electrons. The van der Waals surface area contributed by atoms with Crippen LogP contribution in [-0.2, 0) is 6.54 Å². The van der Waals surface area contributed by atoms with Gasteiger partial charge in [-0.05, 0) is 18.2 Å². The molecule has 0 spiro atoms. The highest BCUT2D eigenvalue weighted by molar-refractivity contribution is 7.10. The second kappa shape index (κ2) is 5.52. The molecule has 0 saturated carbocycles. The topological polar surface area (TPSA) is 52.0 Å². The molecule has 0 fully saturated rings. The zero-order chi connectivity index (χ0) is 13.0. The van der Waals surface area contributed by atoms with Gasteiger partial charge in [-0.25, -0.2) is 4.98 Å². The minimum absolute atomic E-state index is 0.707. The molecule has 0 aromatic carbocycles. The summed E-state index contributed by atoms with van der Waals surface area (Å²) < 4.78 is 0. The van der Waals surface area contributed by atoms with E-state index in [-0.39, 0.29) is 0 Å². The number of nitriles is 1. The molecular weight excluding hydrogens is 244 g/mol. The maximum absolute atomic E-state index is 8.77. The lowest BCUT2D eigenvalue weighted by Crippen LogP contribution is -2.13. The molecule has 0 radical (unpaired) electrons. The van der Waals surface area contributed by atoms with Gasteiger partial charge < -0.3 is 10.2 Å². The molecule has 0 atom stereocenters. The second-order valence-corrected chi connectivity index (χ2v) is 5.03. The molecule has 2 aromatic heterocycles. The Labute approximate surface area is 111 Å². The standard InChI is InChI=1S/C13H14N4S/c1-17(2)13-12(4-3-5-15-13)16-8-11-6-10(7-14)9-18-11/h3-6,9,16H,8H2,1-2H3. The van der Waals surface area contributed by atoms with Gasteiger partial charge in [0.05, 0.1) is 11.3 Å². The first-order chi connectivity index (χ1) is 8.70. The van der Waals surface area contributed by atoms with Crippen molar-refractivity contribution in [3.63, 3.8) is 0 Å². The van der Waals surface area contributed by atoms with Crippen molar-refractivity contribution in [3.8, 4) is 6.07 Å². The summed E-state index contributed by atoms with van der Waals surface area (Å²) in [7, 11) is 3.93. The Bertz CT molecular complexity index is 568. The van der Waals surface area contributed by atoms with Gasteiger partial charge in [0, 0.05) is 37.1 Å². The fourth-order valence-corrected chi connectivity index (χ4v) is 2.36. The Morgan fingerprint density at radius 2 is 2.33 bits per heavy atom. The lowest BCUT2D eigenvalue weighted by Gasteiger charge is -2.16. The van der Waals surface area contributed by atoms with E-state index < -0.39 is 0 Å². The fraction of sp³-hybridized carbons (Fsp3) is 0.231. The third-order valence-corrected chi connectivity index (χ3v) is 3.38. The van der Waals surface area contributed by atoms with Gasteiger partial charge in [-0.15, -0.1) is 11.3 Å². The van der Waals surface area contributed by atoms with Crippen LogP contribution in [0.4, 0.5) is 11.5 Å². The lowest BCUT2D eigenvalue weighted by atomic mass is 10.3. The van der Waals surface area contributed by atoms with Crippen molar-refractivity contribution in [3.05, 3.63) is 40.2 Å². The van der Waals surface area contributed by atoms with Crippen LogP contribution in [0.3, 0.4) is 0 Å². The van der Waals surface area contributed by atoms with Gasteiger partial charge in [-0.3, -0.25) is 0 Å². The van der Waals surface area contributed by atoms with Crippen LogP contribution in [0.2, 0.25) is 0 Å². The van der Waals surface area contributed by atoms with E-state index in [1.165, 1.54) is 0 Å². The number of hydrogen-bond acceptors (Lipinski definition) is 5. The lowest BCUT2D eigenvalue weighted by molar-refractivity contribution is 1.05. The predicted molar refractivity (Wildman–Crippen MR) is 74.9 cm³/mol. The summed E-state index contributed by atoms with van der Waals surface area (Å²) in [4.78, 5) is 7.44. The monoisotopic (exact) mass is 258 g/mol. The molecule has 0 aliphatic rings. The van der Waals surface area contributed by atoms with Crippen LogP contribution in [-0.4, -0.2) is 19.1 Å². The van der Waals surface area contributed by atoms with E-state index in [0.717, 1.165) is 21.9 Å². The van der Waals surface area contributed by atoms with Crippen molar-refractivity contribution >= 4 is 22.8 Å². The molecule has 5 heteroatoms. The third kappa shape index (κ3) is 2.79. The van der Waals surface area contributed by atoms with Gasteiger partial charge in [-0.2, -0.15) is 5.26 Å². The highest BCUT2D eigenvalue weighted by Crippen LogP contribution is 2.22. The molecule has 0 unspecified atom stereocenters. The normalized spacial score (nSPS) is 9.83. The molecule has 0 aliphatic carbocycles. The van der Waals surface area contributed by atoms with Crippen molar-refractivity contribution in [1.82, 2.24) is 4.98 Å². The molecule has 0 amide bonds. The van der Waals surface area contributed by atoms with Gasteiger partial charge in [0.2, 0.25) is 0 Å². The third-order valence-electron chi connectivity index (χ3n) is 2.45.